The zero-order valence-corrected chi connectivity index (χ0v) is 10.1. The number of rotatable bonds is 4. The monoisotopic (exact) mass is 224 g/mol. The predicted molar refractivity (Wildman–Crippen MR) is 63.5 cm³/mol. The maximum Gasteiger partial charge on any atom is 0.304 e. The lowest BCUT2D eigenvalue weighted by Gasteiger charge is -2.23. The molecule has 0 atom stereocenters. The molecule has 0 unspecified atom stereocenters. The lowest BCUT2D eigenvalue weighted by molar-refractivity contribution is -0.138. The molecule has 1 aromatic carbocycles. The molecule has 1 N–H and O–H groups in total. The summed E-state index contributed by atoms with van der Waals surface area (Å²) in [6, 6.07) is 8.08. The van der Waals surface area contributed by atoms with Crippen LogP contribution in [0.2, 0.25) is 0 Å². The van der Waals surface area contributed by atoms with E-state index in [2.05, 4.69) is 0 Å². The molecular formula is C12H16O2S. The number of thioether (sulfide) groups is 1. The van der Waals surface area contributed by atoms with E-state index in [1.165, 1.54) is 4.90 Å². The lowest BCUT2D eigenvalue weighted by Crippen LogP contribution is -2.21. The van der Waals surface area contributed by atoms with Gasteiger partial charge in [0, 0.05) is 10.3 Å². The van der Waals surface area contributed by atoms with Crippen LogP contribution in [0, 0.1) is 0 Å². The summed E-state index contributed by atoms with van der Waals surface area (Å²) >= 11 is 1.69. The van der Waals surface area contributed by atoms with Gasteiger partial charge in [-0.1, -0.05) is 26.0 Å². The highest BCUT2D eigenvalue weighted by Gasteiger charge is 2.23. The van der Waals surface area contributed by atoms with Crippen molar-refractivity contribution in [3.8, 4) is 0 Å². The van der Waals surface area contributed by atoms with E-state index >= 15 is 0 Å². The molecule has 1 rings (SSSR count). The SMILES string of the molecule is CSc1ccc(C(C)(C)CC(=O)O)cc1. The van der Waals surface area contributed by atoms with Crippen molar-refractivity contribution in [3.05, 3.63) is 29.8 Å². The van der Waals surface area contributed by atoms with Crippen molar-refractivity contribution in [1.82, 2.24) is 0 Å². The minimum Gasteiger partial charge on any atom is -0.481 e. The number of carbonyl (C=O) groups is 1. The van der Waals surface area contributed by atoms with Crippen LogP contribution >= 0.6 is 11.8 Å². The van der Waals surface area contributed by atoms with Gasteiger partial charge in [0.15, 0.2) is 0 Å². The minimum absolute atomic E-state index is 0.158. The molecule has 0 aromatic heterocycles. The third-order valence-electron chi connectivity index (χ3n) is 2.46. The van der Waals surface area contributed by atoms with Gasteiger partial charge in [-0.25, -0.2) is 0 Å². The average Bonchev–Trinajstić information content (AvgIpc) is 2.16. The van der Waals surface area contributed by atoms with E-state index in [4.69, 9.17) is 5.11 Å². The first-order valence-electron chi connectivity index (χ1n) is 4.82. The van der Waals surface area contributed by atoms with E-state index in [0.29, 0.717) is 0 Å². The van der Waals surface area contributed by atoms with Gasteiger partial charge in [-0.05, 0) is 24.0 Å². The number of hydrogen-bond donors (Lipinski definition) is 1. The Morgan fingerprint density at radius 3 is 2.27 bits per heavy atom. The molecule has 0 bridgehead atoms. The molecule has 82 valence electrons. The van der Waals surface area contributed by atoms with Crippen molar-refractivity contribution in [1.29, 1.82) is 0 Å². The Hall–Kier alpha value is -0.960. The fraction of sp³-hybridized carbons (Fsp3) is 0.417. The van der Waals surface area contributed by atoms with Crippen LogP contribution < -0.4 is 0 Å². The topological polar surface area (TPSA) is 37.3 Å². The fourth-order valence-electron chi connectivity index (χ4n) is 1.52. The van der Waals surface area contributed by atoms with Gasteiger partial charge in [-0.2, -0.15) is 0 Å². The van der Waals surface area contributed by atoms with E-state index in [0.717, 1.165) is 5.56 Å². The summed E-state index contributed by atoms with van der Waals surface area (Å²) in [5.41, 5.74) is 0.769. The number of carboxylic acids is 1. The van der Waals surface area contributed by atoms with E-state index < -0.39 is 5.97 Å². The Labute approximate surface area is 94.7 Å². The van der Waals surface area contributed by atoms with Crippen molar-refractivity contribution in [2.24, 2.45) is 0 Å². The Morgan fingerprint density at radius 2 is 1.87 bits per heavy atom. The molecule has 0 aliphatic rings. The molecule has 0 aliphatic heterocycles. The zero-order valence-electron chi connectivity index (χ0n) is 9.28. The highest BCUT2D eigenvalue weighted by atomic mass is 32.2. The van der Waals surface area contributed by atoms with Gasteiger partial charge in [-0.15, -0.1) is 11.8 Å². The molecule has 0 heterocycles. The first kappa shape index (κ1) is 12.1. The van der Waals surface area contributed by atoms with E-state index in [1.54, 1.807) is 11.8 Å². The number of carboxylic acid groups (broad SMARTS) is 1. The number of hydrogen-bond acceptors (Lipinski definition) is 2. The second kappa shape index (κ2) is 4.71. The summed E-state index contributed by atoms with van der Waals surface area (Å²) in [6.07, 6.45) is 2.18. The van der Waals surface area contributed by atoms with E-state index in [1.807, 2.05) is 44.4 Å². The Bertz CT molecular complexity index is 341. The standard InChI is InChI=1S/C12H16O2S/c1-12(2,8-11(13)14)9-4-6-10(15-3)7-5-9/h4-7H,8H2,1-3H3,(H,13,14). The summed E-state index contributed by atoms with van der Waals surface area (Å²) in [4.78, 5) is 11.9. The van der Waals surface area contributed by atoms with Crippen LogP contribution in [-0.2, 0) is 10.2 Å². The van der Waals surface area contributed by atoms with Gasteiger partial charge in [-0.3, -0.25) is 4.79 Å². The van der Waals surface area contributed by atoms with Crippen LogP contribution in [0.5, 0.6) is 0 Å². The molecule has 3 heteroatoms. The summed E-state index contributed by atoms with van der Waals surface area (Å²) in [5, 5.41) is 8.81. The molecule has 0 saturated heterocycles. The molecule has 0 saturated carbocycles. The number of benzene rings is 1. The molecule has 0 amide bonds. The molecule has 15 heavy (non-hydrogen) atoms. The quantitative estimate of drug-likeness (QED) is 0.798. The molecular weight excluding hydrogens is 208 g/mol. The predicted octanol–water partition coefficient (Wildman–Crippen LogP) is 3.16. The van der Waals surface area contributed by atoms with Crippen molar-refractivity contribution >= 4 is 17.7 Å². The van der Waals surface area contributed by atoms with Crippen LogP contribution in [0.25, 0.3) is 0 Å². The normalized spacial score (nSPS) is 11.4. The van der Waals surface area contributed by atoms with Crippen LogP contribution in [0.3, 0.4) is 0 Å². The highest BCUT2D eigenvalue weighted by molar-refractivity contribution is 7.98. The van der Waals surface area contributed by atoms with Crippen molar-refractivity contribution in [2.75, 3.05) is 6.26 Å². The smallest absolute Gasteiger partial charge is 0.304 e. The van der Waals surface area contributed by atoms with Crippen molar-refractivity contribution < 1.29 is 9.90 Å². The van der Waals surface area contributed by atoms with Gasteiger partial charge in [0.05, 0.1) is 6.42 Å². The van der Waals surface area contributed by atoms with Crippen molar-refractivity contribution in [3.63, 3.8) is 0 Å². The van der Waals surface area contributed by atoms with E-state index in [9.17, 15) is 4.79 Å². The molecule has 2 nitrogen and oxygen atoms in total. The Kier molecular flexibility index (Phi) is 3.80. The number of aliphatic carboxylic acids is 1. The van der Waals surface area contributed by atoms with Gasteiger partial charge in [0.1, 0.15) is 0 Å². The maximum absolute atomic E-state index is 10.7. The molecule has 0 fully saturated rings. The van der Waals surface area contributed by atoms with Crippen molar-refractivity contribution in [2.45, 2.75) is 30.6 Å². The average molecular weight is 224 g/mol. The second-order valence-corrected chi connectivity index (χ2v) is 5.06. The van der Waals surface area contributed by atoms with Crippen LogP contribution in [-0.4, -0.2) is 17.3 Å². The summed E-state index contributed by atoms with van der Waals surface area (Å²) in [7, 11) is 0. The Balaban J connectivity index is 2.89. The van der Waals surface area contributed by atoms with E-state index in [-0.39, 0.29) is 11.8 Å². The maximum atomic E-state index is 10.7. The molecule has 0 radical (unpaired) electrons. The van der Waals surface area contributed by atoms with Gasteiger partial charge >= 0.3 is 5.97 Å². The second-order valence-electron chi connectivity index (χ2n) is 4.18. The minimum atomic E-state index is -0.756. The fourth-order valence-corrected chi connectivity index (χ4v) is 1.93. The van der Waals surface area contributed by atoms with Crippen LogP contribution in [0.1, 0.15) is 25.8 Å². The third-order valence-corrected chi connectivity index (χ3v) is 3.21. The largest absolute Gasteiger partial charge is 0.481 e. The summed E-state index contributed by atoms with van der Waals surface area (Å²) in [5.74, 6) is -0.756. The third kappa shape index (κ3) is 3.27. The molecule has 0 spiro atoms. The summed E-state index contributed by atoms with van der Waals surface area (Å²) < 4.78 is 0. The Morgan fingerprint density at radius 1 is 1.33 bits per heavy atom. The summed E-state index contributed by atoms with van der Waals surface area (Å²) in [6.45, 7) is 3.91. The van der Waals surface area contributed by atoms with Gasteiger partial charge in [0.25, 0.3) is 0 Å². The lowest BCUT2D eigenvalue weighted by atomic mass is 9.82. The van der Waals surface area contributed by atoms with Crippen LogP contribution in [0.4, 0.5) is 0 Å². The highest BCUT2D eigenvalue weighted by Crippen LogP contribution is 2.28. The van der Waals surface area contributed by atoms with Crippen LogP contribution in [0.15, 0.2) is 29.2 Å². The molecule has 0 aliphatic carbocycles. The molecule has 1 aromatic rings. The van der Waals surface area contributed by atoms with Gasteiger partial charge in [0.2, 0.25) is 0 Å². The first-order valence-corrected chi connectivity index (χ1v) is 6.04. The van der Waals surface area contributed by atoms with Gasteiger partial charge < -0.3 is 5.11 Å². The first-order chi connectivity index (χ1) is 6.95. The zero-order chi connectivity index (χ0) is 11.5.